The molecule has 27 heavy (non-hydrogen) atoms. The second-order valence-electron chi connectivity index (χ2n) is 6.48. The number of anilines is 2. The van der Waals surface area contributed by atoms with E-state index < -0.39 is 11.8 Å². The first-order chi connectivity index (χ1) is 13.1. The van der Waals surface area contributed by atoms with Crippen molar-refractivity contribution in [1.82, 2.24) is 4.90 Å². The lowest BCUT2D eigenvalue weighted by molar-refractivity contribution is -0.143. The number of hydrogen-bond donors (Lipinski definition) is 1. The molecule has 0 unspecified atom stereocenters. The van der Waals surface area contributed by atoms with Gasteiger partial charge in [-0.1, -0.05) is 19.1 Å². The van der Waals surface area contributed by atoms with E-state index in [9.17, 15) is 9.59 Å². The molecular weight excluding hydrogens is 342 g/mol. The Balaban J connectivity index is 1.53. The lowest BCUT2D eigenvalue weighted by atomic mass is 10.1. The zero-order chi connectivity index (χ0) is 19.2. The van der Waals surface area contributed by atoms with Crippen LogP contribution in [0.3, 0.4) is 0 Å². The fourth-order valence-corrected chi connectivity index (χ4v) is 3.11. The van der Waals surface area contributed by atoms with Crippen LogP contribution >= 0.6 is 0 Å². The first kappa shape index (κ1) is 18.8. The van der Waals surface area contributed by atoms with Crippen LogP contribution in [0.4, 0.5) is 11.4 Å². The van der Waals surface area contributed by atoms with Crippen molar-refractivity contribution >= 4 is 23.2 Å². The molecule has 0 atom stereocenters. The van der Waals surface area contributed by atoms with Gasteiger partial charge in [-0.3, -0.25) is 9.59 Å². The predicted octanol–water partition coefficient (Wildman–Crippen LogP) is 2.54. The van der Waals surface area contributed by atoms with Crippen LogP contribution in [0.1, 0.15) is 12.5 Å². The molecule has 0 spiro atoms. The van der Waals surface area contributed by atoms with Crippen molar-refractivity contribution in [2.75, 3.05) is 43.5 Å². The largest absolute Gasteiger partial charge is 0.497 e. The van der Waals surface area contributed by atoms with Gasteiger partial charge in [0.15, 0.2) is 0 Å². The molecule has 0 aromatic heterocycles. The maximum absolute atomic E-state index is 12.4. The number of carbonyl (C=O) groups is 2. The molecule has 2 aromatic carbocycles. The molecule has 142 valence electrons. The second kappa shape index (κ2) is 8.58. The van der Waals surface area contributed by atoms with Crippen LogP contribution < -0.4 is 15.0 Å². The number of carbonyl (C=O) groups excluding carboxylic acids is 2. The van der Waals surface area contributed by atoms with Crippen molar-refractivity contribution in [2.24, 2.45) is 0 Å². The highest BCUT2D eigenvalue weighted by atomic mass is 16.5. The summed E-state index contributed by atoms with van der Waals surface area (Å²) in [5, 5.41) is 2.69. The van der Waals surface area contributed by atoms with Gasteiger partial charge < -0.3 is 19.9 Å². The number of nitrogens with one attached hydrogen (secondary N) is 1. The number of aryl methyl sites for hydroxylation is 1. The first-order valence-electron chi connectivity index (χ1n) is 9.19. The minimum Gasteiger partial charge on any atom is -0.497 e. The number of hydrogen-bond acceptors (Lipinski definition) is 4. The molecule has 0 saturated carbocycles. The quantitative estimate of drug-likeness (QED) is 0.844. The van der Waals surface area contributed by atoms with E-state index in [0.29, 0.717) is 31.9 Å². The Morgan fingerprint density at radius 2 is 1.59 bits per heavy atom. The number of rotatable bonds is 4. The van der Waals surface area contributed by atoms with Gasteiger partial charge in [-0.05, 0) is 48.4 Å². The zero-order valence-corrected chi connectivity index (χ0v) is 15.8. The Labute approximate surface area is 159 Å². The summed E-state index contributed by atoms with van der Waals surface area (Å²) in [5.74, 6) is -0.253. The summed E-state index contributed by atoms with van der Waals surface area (Å²) in [6.07, 6.45) is 0.936. The van der Waals surface area contributed by atoms with Crippen LogP contribution in [0.2, 0.25) is 0 Å². The molecule has 1 fully saturated rings. The molecule has 3 rings (SSSR count). The Morgan fingerprint density at radius 3 is 2.15 bits per heavy atom. The summed E-state index contributed by atoms with van der Waals surface area (Å²) in [7, 11) is 1.64. The van der Waals surface area contributed by atoms with Crippen LogP contribution in [-0.2, 0) is 16.0 Å². The lowest BCUT2D eigenvalue weighted by Crippen LogP contribution is -2.51. The van der Waals surface area contributed by atoms with Gasteiger partial charge in [0.25, 0.3) is 0 Å². The van der Waals surface area contributed by atoms with Crippen LogP contribution in [0, 0.1) is 0 Å². The average molecular weight is 367 g/mol. The molecule has 1 aliphatic heterocycles. The number of piperazine rings is 1. The molecule has 6 heteroatoms. The van der Waals surface area contributed by atoms with Gasteiger partial charge in [-0.25, -0.2) is 0 Å². The molecule has 2 amide bonds. The maximum Gasteiger partial charge on any atom is 0.313 e. The monoisotopic (exact) mass is 367 g/mol. The molecule has 1 saturated heterocycles. The minimum atomic E-state index is -0.586. The van der Waals surface area contributed by atoms with E-state index in [1.165, 1.54) is 5.56 Å². The number of benzene rings is 2. The van der Waals surface area contributed by atoms with Gasteiger partial charge in [-0.2, -0.15) is 0 Å². The van der Waals surface area contributed by atoms with Gasteiger partial charge in [0.1, 0.15) is 5.75 Å². The highest BCUT2D eigenvalue weighted by Gasteiger charge is 2.26. The molecule has 2 aromatic rings. The van der Waals surface area contributed by atoms with E-state index in [1.54, 1.807) is 12.0 Å². The smallest absolute Gasteiger partial charge is 0.313 e. The third-order valence-electron chi connectivity index (χ3n) is 4.82. The molecule has 1 aliphatic rings. The Morgan fingerprint density at radius 1 is 0.963 bits per heavy atom. The second-order valence-corrected chi connectivity index (χ2v) is 6.48. The Bertz CT molecular complexity index is 779. The molecule has 0 radical (unpaired) electrons. The van der Waals surface area contributed by atoms with Crippen LogP contribution in [0.25, 0.3) is 0 Å². The van der Waals surface area contributed by atoms with E-state index in [-0.39, 0.29) is 0 Å². The zero-order valence-electron chi connectivity index (χ0n) is 15.8. The van der Waals surface area contributed by atoms with Crippen molar-refractivity contribution in [3.8, 4) is 5.75 Å². The van der Waals surface area contributed by atoms with E-state index in [4.69, 9.17) is 4.74 Å². The Kier molecular flexibility index (Phi) is 5.96. The van der Waals surface area contributed by atoms with E-state index >= 15 is 0 Å². The van der Waals surface area contributed by atoms with Crippen molar-refractivity contribution < 1.29 is 14.3 Å². The van der Waals surface area contributed by atoms with Crippen molar-refractivity contribution in [1.29, 1.82) is 0 Å². The molecule has 1 N–H and O–H groups in total. The van der Waals surface area contributed by atoms with Crippen molar-refractivity contribution in [3.05, 3.63) is 54.1 Å². The average Bonchev–Trinajstić information content (AvgIpc) is 2.74. The van der Waals surface area contributed by atoms with E-state index in [0.717, 1.165) is 17.9 Å². The van der Waals surface area contributed by atoms with Gasteiger partial charge in [0.2, 0.25) is 0 Å². The van der Waals surface area contributed by atoms with Crippen molar-refractivity contribution in [3.63, 3.8) is 0 Å². The van der Waals surface area contributed by atoms with Gasteiger partial charge in [0.05, 0.1) is 7.11 Å². The maximum atomic E-state index is 12.4. The standard InChI is InChI=1S/C21H25N3O3/c1-3-16-4-6-17(7-5-16)22-20(25)21(26)24-14-12-23(13-15-24)18-8-10-19(27-2)11-9-18/h4-11H,3,12-15H2,1-2H3,(H,22,25). The molecule has 1 heterocycles. The normalized spacial score (nSPS) is 14.0. The van der Waals surface area contributed by atoms with Crippen LogP contribution in [0.5, 0.6) is 5.75 Å². The van der Waals surface area contributed by atoms with E-state index in [2.05, 4.69) is 17.1 Å². The molecule has 0 aliphatic carbocycles. The Hall–Kier alpha value is -3.02. The third-order valence-corrected chi connectivity index (χ3v) is 4.82. The summed E-state index contributed by atoms with van der Waals surface area (Å²) in [6, 6.07) is 15.4. The predicted molar refractivity (Wildman–Crippen MR) is 106 cm³/mol. The highest BCUT2D eigenvalue weighted by molar-refractivity contribution is 6.39. The number of amides is 2. The number of ether oxygens (including phenoxy) is 1. The molecular formula is C21H25N3O3. The minimum absolute atomic E-state index is 0.482. The highest BCUT2D eigenvalue weighted by Crippen LogP contribution is 2.20. The number of nitrogens with zero attached hydrogens (tertiary/aromatic N) is 2. The van der Waals surface area contributed by atoms with E-state index in [1.807, 2.05) is 48.5 Å². The summed E-state index contributed by atoms with van der Waals surface area (Å²) >= 11 is 0. The van der Waals surface area contributed by atoms with Crippen LogP contribution in [-0.4, -0.2) is 50.0 Å². The summed E-state index contributed by atoms with van der Waals surface area (Å²) < 4.78 is 5.18. The van der Waals surface area contributed by atoms with Crippen molar-refractivity contribution in [2.45, 2.75) is 13.3 Å². The SMILES string of the molecule is CCc1ccc(NC(=O)C(=O)N2CCN(c3ccc(OC)cc3)CC2)cc1. The number of methoxy groups -OCH3 is 1. The fraction of sp³-hybridized carbons (Fsp3) is 0.333. The summed E-state index contributed by atoms with van der Waals surface area (Å²) in [4.78, 5) is 28.5. The van der Waals surface area contributed by atoms with Gasteiger partial charge in [0, 0.05) is 37.6 Å². The molecule has 0 bridgehead atoms. The summed E-state index contributed by atoms with van der Waals surface area (Å²) in [5.41, 5.74) is 2.92. The summed E-state index contributed by atoms with van der Waals surface area (Å²) in [6.45, 7) is 4.50. The fourth-order valence-electron chi connectivity index (χ4n) is 3.11. The van der Waals surface area contributed by atoms with Crippen LogP contribution in [0.15, 0.2) is 48.5 Å². The molecule has 6 nitrogen and oxygen atoms in total. The first-order valence-corrected chi connectivity index (χ1v) is 9.19. The topological polar surface area (TPSA) is 61.9 Å². The van der Waals surface area contributed by atoms with Gasteiger partial charge in [-0.15, -0.1) is 0 Å². The van der Waals surface area contributed by atoms with Gasteiger partial charge >= 0.3 is 11.8 Å². The third kappa shape index (κ3) is 4.58. The lowest BCUT2D eigenvalue weighted by Gasteiger charge is -2.35.